The first-order chi connectivity index (χ1) is 14.8. The molecule has 0 radical (unpaired) electrons. The Labute approximate surface area is 199 Å². The van der Waals surface area contributed by atoms with Gasteiger partial charge in [-0.05, 0) is 23.6 Å². The van der Waals surface area contributed by atoms with Gasteiger partial charge in [0.05, 0.1) is 32.8 Å². The largest absolute Gasteiger partial charge is 0.337 e. The van der Waals surface area contributed by atoms with Crippen molar-refractivity contribution in [3.05, 3.63) is 44.5 Å². The normalized spacial score (nSPS) is 16.0. The Bertz CT molecular complexity index is 1160. The van der Waals surface area contributed by atoms with Gasteiger partial charge >= 0.3 is 6.03 Å². The first-order valence-electron chi connectivity index (χ1n) is 9.64. The minimum absolute atomic E-state index is 0.0944. The molecule has 174 valence electrons. The van der Waals surface area contributed by atoms with Crippen molar-refractivity contribution in [2.24, 2.45) is 0 Å². The van der Waals surface area contributed by atoms with Gasteiger partial charge in [-0.1, -0.05) is 44.0 Å². The van der Waals surface area contributed by atoms with Gasteiger partial charge < -0.3 is 10.2 Å². The van der Waals surface area contributed by atoms with E-state index in [1.54, 1.807) is 6.07 Å². The highest BCUT2D eigenvalue weighted by molar-refractivity contribution is 7.91. The summed E-state index contributed by atoms with van der Waals surface area (Å²) in [4.78, 5) is 28.1. The minimum Gasteiger partial charge on any atom is -0.337 e. The molecule has 7 nitrogen and oxygen atoms in total. The van der Waals surface area contributed by atoms with Crippen molar-refractivity contribution in [1.29, 1.82) is 0 Å². The molecule has 3 rings (SSSR count). The Morgan fingerprint density at radius 3 is 2.31 bits per heavy atom. The number of rotatable bonds is 3. The first-order valence-corrected chi connectivity index (χ1v) is 13.0. The fourth-order valence-corrected chi connectivity index (χ4v) is 5.65. The van der Waals surface area contributed by atoms with Gasteiger partial charge in [0.15, 0.2) is 9.84 Å². The van der Waals surface area contributed by atoms with Crippen molar-refractivity contribution >= 4 is 67.0 Å². The van der Waals surface area contributed by atoms with Crippen LogP contribution in [0.3, 0.4) is 0 Å². The third-order valence-electron chi connectivity index (χ3n) is 4.84. The quantitative estimate of drug-likeness (QED) is 0.555. The van der Waals surface area contributed by atoms with Crippen LogP contribution >= 0.6 is 34.5 Å². The number of sulfone groups is 1. The maximum absolute atomic E-state index is 13.5. The van der Waals surface area contributed by atoms with E-state index in [2.05, 4.69) is 10.6 Å². The average Bonchev–Trinajstić information content (AvgIpc) is 3.12. The number of thiophene rings is 1. The van der Waals surface area contributed by atoms with E-state index in [4.69, 9.17) is 23.2 Å². The number of anilines is 2. The van der Waals surface area contributed by atoms with Crippen LogP contribution in [0.25, 0.3) is 0 Å². The van der Waals surface area contributed by atoms with Gasteiger partial charge in [-0.25, -0.2) is 17.6 Å². The Hall–Kier alpha value is -1.88. The van der Waals surface area contributed by atoms with E-state index in [9.17, 15) is 22.4 Å². The van der Waals surface area contributed by atoms with Crippen molar-refractivity contribution in [1.82, 2.24) is 4.90 Å². The monoisotopic (exact) mass is 521 g/mol. The molecule has 1 saturated heterocycles. The molecular weight excluding hydrogens is 500 g/mol. The fraction of sp³-hybridized carbons (Fsp3) is 0.400. The van der Waals surface area contributed by atoms with Crippen LogP contribution in [0.4, 0.5) is 19.9 Å². The predicted octanol–water partition coefficient (Wildman–Crippen LogP) is 5.01. The molecule has 1 aromatic heterocycles. The second-order valence-corrected chi connectivity index (χ2v) is 12.5. The summed E-state index contributed by atoms with van der Waals surface area (Å²) in [6.07, 6.45) is 0. The lowest BCUT2D eigenvalue weighted by Gasteiger charge is -2.26. The van der Waals surface area contributed by atoms with Crippen LogP contribution in [0.2, 0.25) is 10.0 Å². The number of halogens is 3. The van der Waals surface area contributed by atoms with Gasteiger partial charge in [-0.3, -0.25) is 10.1 Å². The van der Waals surface area contributed by atoms with Gasteiger partial charge in [0.25, 0.3) is 5.91 Å². The van der Waals surface area contributed by atoms with Crippen molar-refractivity contribution in [3.63, 3.8) is 0 Å². The van der Waals surface area contributed by atoms with Crippen molar-refractivity contribution in [2.75, 3.05) is 35.2 Å². The number of benzene rings is 1. The van der Waals surface area contributed by atoms with Crippen molar-refractivity contribution in [2.45, 2.75) is 26.2 Å². The molecule has 1 aliphatic rings. The maximum Gasteiger partial charge on any atom is 0.324 e. The third-order valence-corrected chi connectivity index (χ3v) is 8.79. The molecule has 0 bridgehead atoms. The molecule has 0 unspecified atom stereocenters. The number of amides is 3. The number of hydrogen-bond donors (Lipinski definition) is 2. The van der Waals surface area contributed by atoms with Crippen molar-refractivity contribution < 1.29 is 22.4 Å². The highest BCUT2D eigenvalue weighted by Crippen LogP contribution is 2.37. The number of carbonyl (C=O) groups is 2. The minimum atomic E-state index is -3.14. The van der Waals surface area contributed by atoms with Crippen LogP contribution < -0.4 is 10.6 Å². The molecule has 12 heteroatoms. The lowest BCUT2D eigenvalue weighted by molar-refractivity contribution is 0.0771. The van der Waals surface area contributed by atoms with Gasteiger partial charge in [0.2, 0.25) is 0 Å². The summed E-state index contributed by atoms with van der Waals surface area (Å²) in [7, 11) is -3.14. The summed E-state index contributed by atoms with van der Waals surface area (Å²) in [5, 5.41) is 5.01. The van der Waals surface area contributed by atoms with E-state index >= 15 is 0 Å². The molecule has 0 aliphatic carbocycles. The number of urea groups is 1. The van der Waals surface area contributed by atoms with Crippen LogP contribution in [0.5, 0.6) is 0 Å². The summed E-state index contributed by atoms with van der Waals surface area (Å²) >= 11 is 13.0. The highest BCUT2D eigenvalue weighted by Gasteiger charge is 2.30. The summed E-state index contributed by atoms with van der Waals surface area (Å²) < 4.78 is 36.9. The molecule has 1 aromatic carbocycles. The number of nitrogens with zero attached hydrogens (tertiary/aromatic N) is 1. The van der Waals surface area contributed by atoms with Crippen LogP contribution in [0.1, 0.15) is 36.0 Å². The second kappa shape index (κ2) is 9.17. The zero-order valence-corrected chi connectivity index (χ0v) is 20.7. The van der Waals surface area contributed by atoms with E-state index in [0.717, 1.165) is 10.9 Å². The summed E-state index contributed by atoms with van der Waals surface area (Å²) in [5.74, 6) is -1.26. The topological polar surface area (TPSA) is 95.6 Å². The van der Waals surface area contributed by atoms with Gasteiger partial charge in [-0.2, -0.15) is 0 Å². The number of carbonyl (C=O) groups excluding carboxylic acids is 2. The Morgan fingerprint density at radius 1 is 1.09 bits per heavy atom. The fourth-order valence-electron chi connectivity index (χ4n) is 2.98. The summed E-state index contributed by atoms with van der Waals surface area (Å²) in [6, 6.07) is 3.38. The van der Waals surface area contributed by atoms with Gasteiger partial charge in [0, 0.05) is 18.0 Å². The summed E-state index contributed by atoms with van der Waals surface area (Å²) in [5.41, 5.74) is 0.102. The summed E-state index contributed by atoms with van der Waals surface area (Å²) in [6.45, 7) is 6.12. The molecule has 1 fully saturated rings. The highest BCUT2D eigenvalue weighted by atomic mass is 35.5. The zero-order valence-electron chi connectivity index (χ0n) is 17.6. The molecule has 0 atom stereocenters. The molecule has 0 spiro atoms. The number of hydrogen-bond acceptors (Lipinski definition) is 5. The van der Waals surface area contributed by atoms with Crippen LogP contribution in [-0.2, 0) is 15.3 Å². The van der Waals surface area contributed by atoms with Crippen LogP contribution in [0, 0.1) is 5.82 Å². The van der Waals surface area contributed by atoms with Crippen LogP contribution in [0.15, 0.2) is 18.2 Å². The van der Waals surface area contributed by atoms with Crippen molar-refractivity contribution in [3.8, 4) is 0 Å². The van der Waals surface area contributed by atoms with E-state index in [1.807, 2.05) is 20.8 Å². The Kier molecular flexibility index (Phi) is 7.09. The van der Waals surface area contributed by atoms with E-state index in [1.165, 1.54) is 22.3 Å². The van der Waals surface area contributed by atoms with Gasteiger partial charge in [-0.15, -0.1) is 11.3 Å². The first kappa shape index (κ1) is 24.8. The van der Waals surface area contributed by atoms with E-state index in [0.29, 0.717) is 5.00 Å². The molecule has 3 amide bonds. The molecule has 1 aliphatic heterocycles. The predicted molar refractivity (Wildman–Crippen MR) is 127 cm³/mol. The smallest absolute Gasteiger partial charge is 0.324 e. The Balaban J connectivity index is 1.85. The number of nitrogens with one attached hydrogen (secondary N) is 2. The molecule has 2 heterocycles. The molecular formula is C20H22Cl2FN3O4S2. The maximum atomic E-state index is 13.5. The SMILES string of the molecule is CC(C)(C)c1cc(C(=O)N2CCS(=O)(=O)CC2)c(NC(=O)Nc2ccc(F)c(Cl)c2Cl)s1. The molecule has 0 saturated carbocycles. The zero-order chi connectivity index (χ0) is 23.8. The average molecular weight is 522 g/mol. The molecule has 2 N–H and O–H groups in total. The lowest BCUT2D eigenvalue weighted by Crippen LogP contribution is -2.43. The second-order valence-electron chi connectivity index (χ2n) is 8.35. The van der Waals surface area contributed by atoms with Crippen LogP contribution in [-0.4, -0.2) is 49.9 Å². The lowest BCUT2D eigenvalue weighted by atomic mass is 9.94. The Morgan fingerprint density at radius 2 is 1.72 bits per heavy atom. The molecule has 2 aromatic rings. The standard InChI is InChI=1S/C20H22Cl2FN3O4S2/c1-20(2,3)14-10-11(18(27)26-6-8-32(29,30)9-7-26)17(31-14)25-19(28)24-13-5-4-12(23)15(21)16(13)22/h4-5,10H,6-9H2,1-3H3,(H2,24,25,28). The van der Waals surface area contributed by atoms with E-state index < -0.39 is 21.7 Å². The molecule has 32 heavy (non-hydrogen) atoms. The van der Waals surface area contributed by atoms with Gasteiger partial charge in [0.1, 0.15) is 10.8 Å². The van der Waals surface area contributed by atoms with E-state index in [-0.39, 0.29) is 57.2 Å². The third kappa shape index (κ3) is 5.54.